The van der Waals surface area contributed by atoms with E-state index in [1.807, 2.05) is 42.5 Å². The molecule has 0 radical (unpaired) electrons. The van der Waals surface area contributed by atoms with Gasteiger partial charge in [-0.2, -0.15) is 0 Å². The van der Waals surface area contributed by atoms with Crippen molar-refractivity contribution in [2.75, 3.05) is 17.7 Å². The molecule has 0 saturated heterocycles. The van der Waals surface area contributed by atoms with Crippen molar-refractivity contribution in [2.24, 2.45) is 0 Å². The predicted octanol–water partition coefficient (Wildman–Crippen LogP) is 4.49. The number of anilines is 1. The van der Waals surface area contributed by atoms with Gasteiger partial charge >= 0.3 is 0 Å². The maximum absolute atomic E-state index is 9.46. The van der Waals surface area contributed by atoms with Crippen LogP contribution in [0.15, 0.2) is 60.0 Å². The van der Waals surface area contributed by atoms with Crippen LogP contribution in [-0.4, -0.2) is 28.6 Å². The number of aliphatic hydroxyl groups excluding tert-OH is 1. The fourth-order valence-electron chi connectivity index (χ4n) is 2.17. The lowest BCUT2D eigenvalue weighted by Gasteiger charge is -2.10. The highest BCUT2D eigenvalue weighted by atomic mass is 35.5. The Morgan fingerprint density at radius 2 is 1.78 bits per heavy atom. The number of thiazole rings is 1. The Kier molecular flexibility index (Phi) is 5.28. The fraction of sp³-hybridized carbons (Fsp3) is 0.167. The van der Waals surface area contributed by atoms with Gasteiger partial charge in [0, 0.05) is 28.7 Å². The highest BCUT2D eigenvalue weighted by Crippen LogP contribution is 2.29. The maximum Gasteiger partial charge on any atom is 0.124 e. The number of aliphatic hydroxyl groups is 1. The van der Waals surface area contributed by atoms with Gasteiger partial charge in [0.15, 0.2) is 0 Å². The number of hydrogen-bond donors (Lipinski definition) is 2. The van der Waals surface area contributed by atoms with E-state index in [2.05, 4.69) is 22.8 Å². The Hall–Kier alpha value is -1.88. The summed E-state index contributed by atoms with van der Waals surface area (Å²) in [6.07, 6.45) is -0.539. The molecule has 0 aliphatic heterocycles. The molecule has 0 bridgehead atoms. The van der Waals surface area contributed by atoms with Gasteiger partial charge in [0.1, 0.15) is 5.01 Å². The second-order valence-electron chi connectivity index (χ2n) is 5.17. The quantitative estimate of drug-likeness (QED) is 0.648. The Balaban J connectivity index is 1.71. The first-order valence-electron chi connectivity index (χ1n) is 7.35. The first-order valence-corrected chi connectivity index (χ1v) is 8.77. The van der Waals surface area contributed by atoms with E-state index >= 15 is 0 Å². The maximum atomic E-state index is 9.46. The average molecular weight is 345 g/mol. The van der Waals surface area contributed by atoms with E-state index in [1.54, 1.807) is 11.3 Å². The summed E-state index contributed by atoms with van der Waals surface area (Å²) in [5.41, 5.74) is 4.14. The largest absolute Gasteiger partial charge is 0.390 e. The molecule has 118 valence electrons. The Morgan fingerprint density at radius 1 is 1.04 bits per heavy atom. The summed E-state index contributed by atoms with van der Waals surface area (Å²) in [5.74, 6) is 0.228. The lowest BCUT2D eigenvalue weighted by atomic mass is 10.1. The van der Waals surface area contributed by atoms with E-state index in [-0.39, 0.29) is 5.88 Å². The molecule has 23 heavy (non-hydrogen) atoms. The molecule has 0 amide bonds. The van der Waals surface area contributed by atoms with Crippen LogP contribution >= 0.6 is 22.9 Å². The van der Waals surface area contributed by atoms with Crippen molar-refractivity contribution in [3.05, 3.63) is 60.0 Å². The summed E-state index contributed by atoms with van der Waals surface area (Å²) in [5, 5.41) is 15.7. The zero-order valence-electron chi connectivity index (χ0n) is 12.4. The van der Waals surface area contributed by atoms with E-state index in [9.17, 15) is 5.11 Å². The normalized spacial score (nSPS) is 12.1. The molecule has 1 heterocycles. The van der Waals surface area contributed by atoms with Crippen molar-refractivity contribution in [3.63, 3.8) is 0 Å². The van der Waals surface area contributed by atoms with Crippen LogP contribution in [0.1, 0.15) is 0 Å². The van der Waals surface area contributed by atoms with Crippen molar-refractivity contribution in [1.29, 1.82) is 0 Å². The van der Waals surface area contributed by atoms with Crippen LogP contribution < -0.4 is 5.32 Å². The molecule has 1 unspecified atom stereocenters. The fourth-order valence-corrected chi connectivity index (χ4v) is 3.11. The number of aromatic nitrogens is 1. The second kappa shape index (κ2) is 7.59. The molecule has 1 aromatic heterocycles. The van der Waals surface area contributed by atoms with E-state index < -0.39 is 6.10 Å². The van der Waals surface area contributed by atoms with Gasteiger partial charge in [0.25, 0.3) is 0 Å². The van der Waals surface area contributed by atoms with E-state index in [0.717, 1.165) is 27.5 Å². The summed E-state index contributed by atoms with van der Waals surface area (Å²) in [6, 6.07) is 18.2. The molecule has 0 spiro atoms. The first-order chi connectivity index (χ1) is 11.3. The summed E-state index contributed by atoms with van der Waals surface area (Å²) in [4.78, 5) is 4.71. The number of nitrogens with one attached hydrogen (secondary N) is 1. The Morgan fingerprint density at radius 3 is 2.48 bits per heavy atom. The van der Waals surface area contributed by atoms with Gasteiger partial charge in [-0.1, -0.05) is 42.5 Å². The standard InChI is InChI=1S/C18H17ClN2OS/c19-10-16(22)11-20-15-8-6-13(7-9-15)17-12-23-18(21-17)14-4-2-1-3-5-14/h1-9,12,16,20,22H,10-11H2. The molecule has 2 N–H and O–H groups in total. The Bertz CT molecular complexity index is 743. The number of alkyl halides is 1. The molecule has 3 rings (SSSR count). The van der Waals surface area contributed by atoms with Crippen LogP contribution in [0.3, 0.4) is 0 Å². The van der Waals surface area contributed by atoms with Gasteiger partial charge in [-0.15, -0.1) is 22.9 Å². The molecular formula is C18H17ClN2OS. The van der Waals surface area contributed by atoms with Crippen molar-refractivity contribution < 1.29 is 5.11 Å². The zero-order valence-corrected chi connectivity index (χ0v) is 14.0. The van der Waals surface area contributed by atoms with Crippen molar-refractivity contribution in [2.45, 2.75) is 6.10 Å². The average Bonchev–Trinajstić information content (AvgIpc) is 3.11. The molecule has 0 aliphatic carbocycles. The van der Waals surface area contributed by atoms with Crippen LogP contribution in [0, 0.1) is 0 Å². The predicted molar refractivity (Wildman–Crippen MR) is 98.2 cm³/mol. The number of nitrogens with zero attached hydrogens (tertiary/aromatic N) is 1. The first kappa shape index (κ1) is 16.0. The van der Waals surface area contributed by atoms with Crippen LogP contribution in [-0.2, 0) is 0 Å². The molecule has 5 heteroatoms. The molecule has 0 fully saturated rings. The summed E-state index contributed by atoms with van der Waals surface area (Å²) in [6.45, 7) is 0.442. The summed E-state index contributed by atoms with van der Waals surface area (Å²) in [7, 11) is 0. The minimum Gasteiger partial charge on any atom is -0.390 e. The van der Waals surface area contributed by atoms with Crippen LogP contribution in [0.25, 0.3) is 21.8 Å². The lowest BCUT2D eigenvalue weighted by molar-refractivity contribution is 0.211. The topological polar surface area (TPSA) is 45.1 Å². The SMILES string of the molecule is OC(CCl)CNc1ccc(-c2csc(-c3ccccc3)n2)cc1. The molecule has 0 saturated carbocycles. The smallest absolute Gasteiger partial charge is 0.124 e. The molecule has 2 aromatic carbocycles. The minimum atomic E-state index is -0.539. The summed E-state index contributed by atoms with van der Waals surface area (Å²) >= 11 is 7.22. The van der Waals surface area contributed by atoms with E-state index in [0.29, 0.717) is 6.54 Å². The molecule has 0 aliphatic rings. The van der Waals surface area contributed by atoms with Crippen molar-refractivity contribution in [3.8, 4) is 21.8 Å². The monoisotopic (exact) mass is 344 g/mol. The molecular weight excluding hydrogens is 328 g/mol. The van der Waals surface area contributed by atoms with Gasteiger partial charge < -0.3 is 10.4 Å². The van der Waals surface area contributed by atoms with Crippen LogP contribution in [0.5, 0.6) is 0 Å². The third-order valence-corrected chi connectivity index (χ3v) is 4.67. The second-order valence-corrected chi connectivity index (χ2v) is 6.34. The lowest BCUT2D eigenvalue weighted by Crippen LogP contribution is -2.20. The Labute approximate surface area is 144 Å². The highest BCUT2D eigenvalue weighted by Gasteiger charge is 2.07. The van der Waals surface area contributed by atoms with Gasteiger partial charge in [-0.25, -0.2) is 4.98 Å². The molecule has 3 nitrogen and oxygen atoms in total. The third kappa shape index (κ3) is 4.10. The van der Waals surface area contributed by atoms with Crippen molar-refractivity contribution >= 4 is 28.6 Å². The van der Waals surface area contributed by atoms with Gasteiger partial charge in [0.2, 0.25) is 0 Å². The van der Waals surface area contributed by atoms with Gasteiger partial charge in [-0.05, 0) is 12.1 Å². The number of hydrogen-bond acceptors (Lipinski definition) is 4. The van der Waals surface area contributed by atoms with Crippen LogP contribution in [0.2, 0.25) is 0 Å². The van der Waals surface area contributed by atoms with Gasteiger partial charge in [0.05, 0.1) is 17.7 Å². The minimum absolute atomic E-state index is 0.228. The van der Waals surface area contributed by atoms with E-state index in [4.69, 9.17) is 16.6 Å². The third-order valence-electron chi connectivity index (χ3n) is 3.43. The van der Waals surface area contributed by atoms with E-state index in [1.165, 1.54) is 0 Å². The van der Waals surface area contributed by atoms with Crippen molar-refractivity contribution in [1.82, 2.24) is 4.98 Å². The number of halogens is 1. The van der Waals surface area contributed by atoms with Crippen LogP contribution in [0.4, 0.5) is 5.69 Å². The number of benzene rings is 2. The highest BCUT2D eigenvalue weighted by molar-refractivity contribution is 7.13. The summed E-state index contributed by atoms with van der Waals surface area (Å²) < 4.78 is 0. The molecule has 3 aromatic rings. The number of rotatable bonds is 6. The zero-order chi connectivity index (χ0) is 16.1. The molecule has 1 atom stereocenters. The van der Waals surface area contributed by atoms with Gasteiger partial charge in [-0.3, -0.25) is 0 Å².